The molecule has 0 N–H and O–H groups in total. The predicted molar refractivity (Wildman–Crippen MR) is 128 cm³/mol. The van der Waals surface area contributed by atoms with E-state index in [2.05, 4.69) is 15.4 Å². The SMILES string of the molecule is O=[N+]([O-])c1ccc(Cn2nnc(-c3nc(-c4ccco4)n(-c4ccccc4)c3-c3ccco3)n2)cc1. The summed E-state index contributed by atoms with van der Waals surface area (Å²) in [6.45, 7) is 0.283. The van der Waals surface area contributed by atoms with Crippen molar-refractivity contribution in [3.05, 3.63) is 107 Å². The molecule has 4 aromatic heterocycles. The van der Waals surface area contributed by atoms with Crippen LogP contribution in [0.15, 0.2) is 100 Å². The molecule has 0 amide bonds. The summed E-state index contributed by atoms with van der Waals surface area (Å²) in [6.07, 6.45) is 3.18. The summed E-state index contributed by atoms with van der Waals surface area (Å²) < 4.78 is 13.4. The Morgan fingerprint density at radius 1 is 0.861 bits per heavy atom. The zero-order valence-electron chi connectivity index (χ0n) is 18.6. The molecular weight excluding hydrogens is 462 g/mol. The highest BCUT2D eigenvalue weighted by Gasteiger charge is 2.27. The van der Waals surface area contributed by atoms with E-state index in [9.17, 15) is 10.1 Å². The van der Waals surface area contributed by atoms with Gasteiger partial charge in [0.05, 0.1) is 24.0 Å². The van der Waals surface area contributed by atoms with E-state index in [4.69, 9.17) is 13.8 Å². The number of para-hydroxylation sites is 1. The number of nitro groups is 1. The number of benzene rings is 2. The van der Waals surface area contributed by atoms with Gasteiger partial charge in [-0.05, 0) is 47.2 Å². The van der Waals surface area contributed by atoms with Gasteiger partial charge in [-0.3, -0.25) is 14.7 Å². The maximum Gasteiger partial charge on any atom is 0.269 e. The number of imidazole rings is 1. The molecular formula is C25H17N7O4. The second-order valence-corrected chi connectivity index (χ2v) is 7.83. The van der Waals surface area contributed by atoms with Crippen molar-refractivity contribution in [3.63, 3.8) is 0 Å². The van der Waals surface area contributed by atoms with Gasteiger partial charge in [0.25, 0.3) is 5.69 Å². The topological polar surface area (TPSA) is 131 Å². The van der Waals surface area contributed by atoms with Gasteiger partial charge in [-0.1, -0.05) is 30.3 Å². The highest BCUT2D eigenvalue weighted by molar-refractivity contribution is 5.78. The summed E-state index contributed by atoms with van der Waals surface area (Å²) in [5, 5.41) is 23.9. The molecule has 4 heterocycles. The van der Waals surface area contributed by atoms with E-state index in [0.717, 1.165) is 11.3 Å². The molecule has 0 fully saturated rings. The predicted octanol–water partition coefficient (Wildman–Crippen LogP) is 5.00. The number of nitrogens with zero attached hydrogens (tertiary/aromatic N) is 7. The standard InChI is InChI=1S/C25H17N7O4/c33-32(34)19-12-10-17(11-13-19)16-30-28-24(27-29-30)22-23(20-8-4-14-35-20)31(18-6-2-1-3-7-18)25(26-22)21-9-5-15-36-21/h1-15H,16H2. The molecule has 0 aliphatic heterocycles. The number of hydrogen-bond acceptors (Lipinski definition) is 8. The number of tetrazole rings is 1. The molecule has 36 heavy (non-hydrogen) atoms. The third-order valence-corrected chi connectivity index (χ3v) is 5.52. The third-order valence-electron chi connectivity index (χ3n) is 5.52. The van der Waals surface area contributed by atoms with E-state index in [1.807, 2.05) is 47.0 Å². The van der Waals surface area contributed by atoms with Crippen molar-refractivity contribution in [2.75, 3.05) is 0 Å². The first-order valence-corrected chi connectivity index (χ1v) is 10.9. The van der Waals surface area contributed by atoms with Crippen LogP contribution in [0.5, 0.6) is 0 Å². The molecule has 6 aromatic rings. The van der Waals surface area contributed by atoms with Gasteiger partial charge in [0.2, 0.25) is 5.82 Å². The van der Waals surface area contributed by atoms with Gasteiger partial charge in [0.15, 0.2) is 17.3 Å². The first kappa shape index (κ1) is 21.2. The number of nitro benzene ring substituents is 1. The van der Waals surface area contributed by atoms with Crippen molar-refractivity contribution in [3.8, 4) is 40.2 Å². The lowest BCUT2D eigenvalue weighted by atomic mass is 10.2. The number of furan rings is 2. The quantitative estimate of drug-likeness (QED) is 0.231. The lowest BCUT2D eigenvalue weighted by molar-refractivity contribution is -0.384. The number of aromatic nitrogens is 6. The molecule has 0 aliphatic rings. The van der Waals surface area contributed by atoms with Crippen LogP contribution in [0.1, 0.15) is 5.56 Å². The molecule has 176 valence electrons. The van der Waals surface area contributed by atoms with Crippen LogP contribution in [-0.4, -0.2) is 34.7 Å². The Bertz CT molecular complexity index is 1620. The minimum Gasteiger partial charge on any atom is -0.463 e. The average Bonchev–Trinajstić information content (AvgIpc) is 3.71. The Morgan fingerprint density at radius 3 is 2.25 bits per heavy atom. The fraction of sp³-hybridized carbons (Fsp3) is 0.0400. The van der Waals surface area contributed by atoms with Crippen molar-refractivity contribution >= 4 is 5.69 Å². The van der Waals surface area contributed by atoms with Gasteiger partial charge in [-0.2, -0.15) is 4.80 Å². The lowest BCUT2D eigenvalue weighted by Crippen LogP contribution is -2.04. The summed E-state index contributed by atoms with van der Waals surface area (Å²) in [7, 11) is 0. The van der Waals surface area contributed by atoms with Crippen molar-refractivity contribution in [1.29, 1.82) is 0 Å². The number of hydrogen-bond donors (Lipinski definition) is 0. The molecule has 0 radical (unpaired) electrons. The fourth-order valence-corrected chi connectivity index (χ4v) is 3.91. The van der Waals surface area contributed by atoms with Crippen molar-refractivity contribution in [1.82, 2.24) is 29.8 Å². The molecule has 0 saturated heterocycles. The summed E-state index contributed by atoms with van der Waals surface area (Å²) in [5.41, 5.74) is 2.78. The van der Waals surface area contributed by atoms with Crippen molar-refractivity contribution in [2.45, 2.75) is 6.54 Å². The van der Waals surface area contributed by atoms with Crippen LogP contribution >= 0.6 is 0 Å². The molecule has 0 spiro atoms. The van der Waals surface area contributed by atoms with Gasteiger partial charge >= 0.3 is 0 Å². The Hall–Kier alpha value is -5.32. The molecule has 11 heteroatoms. The van der Waals surface area contributed by atoms with Crippen LogP contribution in [0, 0.1) is 10.1 Å². The second-order valence-electron chi connectivity index (χ2n) is 7.83. The average molecular weight is 479 g/mol. The van der Waals surface area contributed by atoms with Crippen LogP contribution in [0.3, 0.4) is 0 Å². The highest BCUT2D eigenvalue weighted by Crippen LogP contribution is 2.37. The Labute approximate surface area is 203 Å². The monoisotopic (exact) mass is 479 g/mol. The summed E-state index contributed by atoms with van der Waals surface area (Å²) >= 11 is 0. The minimum atomic E-state index is -0.439. The van der Waals surface area contributed by atoms with E-state index in [0.29, 0.717) is 34.6 Å². The van der Waals surface area contributed by atoms with E-state index >= 15 is 0 Å². The van der Waals surface area contributed by atoms with Crippen molar-refractivity contribution < 1.29 is 13.8 Å². The molecule has 11 nitrogen and oxygen atoms in total. The number of non-ortho nitro benzene ring substituents is 1. The maximum atomic E-state index is 10.9. The van der Waals surface area contributed by atoms with Gasteiger partial charge in [0, 0.05) is 17.8 Å². The first-order chi connectivity index (χ1) is 17.7. The third kappa shape index (κ3) is 3.84. The fourth-order valence-electron chi connectivity index (χ4n) is 3.91. The van der Waals surface area contributed by atoms with Gasteiger partial charge < -0.3 is 8.83 Å². The van der Waals surface area contributed by atoms with Crippen molar-refractivity contribution in [2.24, 2.45) is 0 Å². The van der Waals surface area contributed by atoms with E-state index in [-0.39, 0.29) is 12.2 Å². The molecule has 0 aliphatic carbocycles. The van der Waals surface area contributed by atoms with Crippen LogP contribution < -0.4 is 0 Å². The molecule has 0 bridgehead atoms. The smallest absolute Gasteiger partial charge is 0.269 e. The number of rotatable bonds is 7. The van der Waals surface area contributed by atoms with Gasteiger partial charge in [0.1, 0.15) is 11.4 Å². The lowest BCUT2D eigenvalue weighted by Gasteiger charge is -2.10. The molecule has 0 unspecified atom stereocenters. The normalized spacial score (nSPS) is 11.1. The Kier molecular flexibility index (Phi) is 5.19. The van der Waals surface area contributed by atoms with Crippen LogP contribution in [0.2, 0.25) is 0 Å². The Balaban J connectivity index is 1.47. The largest absolute Gasteiger partial charge is 0.463 e. The van der Waals surface area contributed by atoms with Gasteiger partial charge in [-0.25, -0.2) is 4.98 Å². The van der Waals surface area contributed by atoms with Crippen LogP contribution in [-0.2, 0) is 6.54 Å². The molecule has 6 rings (SSSR count). The first-order valence-electron chi connectivity index (χ1n) is 10.9. The zero-order chi connectivity index (χ0) is 24.5. The molecule has 2 aromatic carbocycles. The minimum absolute atomic E-state index is 0.0194. The Morgan fingerprint density at radius 2 is 1.58 bits per heavy atom. The van der Waals surface area contributed by atoms with E-state index < -0.39 is 4.92 Å². The summed E-state index contributed by atoms with van der Waals surface area (Å²) in [5.74, 6) is 1.99. The molecule has 0 atom stereocenters. The zero-order valence-corrected chi connectivity index (χ0v) is 18.6. The molecule has 0 saturated carbocycles. The summed E-state index contributed by atoms with van der Waals surface area (Å²) in [6, 6.07) is 23.2. The maximum absolute atomic E-state index is 10.9. The highest BCUT2D eigenvalue weighted by atomic mass is 16.6. The van der Waals surface area contributed by atoms with Crippen LogP contribution in [0.4, 0.5) is 5.69 Å². The van der Waals surface area contributed by atoms with E-state index in [1.165, 1.54) is 16.9 Å². The van der Waals surface area contributed by atoms with Gasteiger partial charge in [-0.15, -0.1) is 10.2 Å². The summed E-state index contributed by atoms with van der Waals surface area (Å²) in [4.78, 5) is 16.8. The van der Waals surface area contributed by atoms with E-state index in [1.54, 1.807) is 36.8 Å². The second kappa shape index (κ2) is 8.80. The van der Waals surface area contributed by atoms with Crippen LogP contribution in [0.25, 0.3) is 40.2 Å².